The first-order valence-corrected chi connectivity index (χ1v) is 12.3. The lowest BCUT2D eigenvalue weighted by molar-refractivity contribution is -0.227. The van der Waals surface area contributed by atoms with Gasteiger partial charge in [-0.25, -0.2) is 0 Å². The van der Waals surface area contributed by atoms with Gasteiger partial charge < -0.3 is 9.47 Å². The van der Waals surface area contributed by atoms with Crippen LogP contribution in [-0.4, -0.2) is 30.6 Å². The van der Waals surface area contributed by atoms with E-state index < -0.39 is 0 Å². The van der Waals surface area contributed by atoms with Crippen LogP contribution in [0.2, 0.25) is 0 Å². The van der Waals surface area contributed by atoms with Gasteiger partial charge in [0.2, 0.25) is 0 Å². The number of hydrogen-bond acceptors (Lipinski definition) is 4. The number of carbonyl (C=O) groups excluding carboxylic acids is 2. The summed E-state index contributed by atoms with van der Waals surface area (Å²) in [5, 5.41) is 0. The molecule has 0 aromatic carbocycles. The second-order valence-electron chi connectivity index (χ2n) is 11.3. The number of ketones is 2. The molecule has 5 rings (SSSR count). The molecule has 1 unspecified atom stereocenters. The fourth-order valence-corrected chi connectivity index (χ4v) is 8.32. The van der Waals surface area contributed by atoms with Gasteiger partial charge >= 0.3 is 0 Å². The summed E-state index contributed by atoms with van der Waals surface area (Å²) in [6, 6.07) is 0. The molecule has 1 aliphatic heterocycles. The minimum absolute atomic E-state index is 0.101. The van der Waals surface area contributed by atoms with Crippen LogP contribution in [0.15, 0.2) is 11.6 Å². The molecule has 8 atom stereocenters. The number of fused-ring (bicyclic) bond motifs is 5. The highest BCUT2D eigenvalue weighted by Gasteiger charge is 2.62. The van der Waals surface area contributed by atoms with Crippen LogP contribution in [0, 0.1) is 34.5 Å². The van der Waals surface area contributed by atoms with Crippen molar-refractivity contribution in [1.82, 2.24) is 0 Å². The zero-order valence-electron chi connectivity index (χ0n) is 19.0. The lowest BCUT2D eigenvalue weighted by atomic mass is 9.46. The minimum Gasteiger partial charge on any atom is -0.353 e. The van der Waals surface area contributed by atoms with E-state index >= 15 is 0 Å². The first kappa shape index (κ1) is 20.9. The van der Waals surface area contributed by atoms with Crippen LogP contribution in [0.25, 0.3) is 0 Å². The zero-order chi connectivity index (χ0) is 21.1. The summed E-state index contributed by atoms with van der Waals surface area (Å²) < 4.78 is 12.7. The molecule has 1 saturated heterocycles. The fraction of sp³-hybridized carbons (Fsp3) is 0.846. The predicted molar refractivity (Wildman–Crippen MR) is 115 cm³/mol. The molecule has 30 heavy (non-hydrogen) atoms. The maximum atomic E-state index is 12.5. The van der Waals surface area contributed by atoms with Crippen LogP contribution in [0.3, 0.4) is 0 Å². The topological polar surface area (TPSA) is 52.6 Å². The molecule has 0 spiro atoms. The van der Waals surface area contributed by atoms with Gasteiger partial charge in [0.15, 0.2) is 12.1 Å². The Hall–Kier alpha value is -1.00. The van der Waals surface area contributed by atoms with Crippen LogP contribution in [-0.2, 0) is 19.1 Å². The monoisotopic (exact) mass is 414 g/mol. The number of rotatable bonds is 3. The van der Waals surface area contributed by atoms with E-state index in [9.17, 15) is 9.59 Å². The summed E-state index contributed by atoms with van der Waals surface area (Å²) in [5.41, 5.74) is 1.54. The highest BCUT2D eigenvalue weighted by atomic mass is 16.7. The normalized spacial score (nSPS) is 48.4. The summed E-state index contributed by atoms with van der Waals surface area (Å²) in [6.45, 7) is 7.39. The lowest BCUT2D eigenvalue weighted by Crippen LogP contribution is -2.57. The summed E-state index contributed by atoms with van der Waals surface area (Å²) in [7, 11) is 0. The van der Waals surface area contributed by atoms with Crippen molar-refractivity contribution in [3.8, 4) is 0 Å². The Morgan fingerprint density at radius 2 is 1.93 bits per heavy atom. The van der Waals surface area contributed by atoms with Gasteiger partial charge in [-0.1, -0.05) is 19.4 Å². The second-order valence-corrected chi connectivity index (χ2v) is 11.3. The van der Waals surface area contributed by atoms with E-state index in [4.69, 9.17) is 9.47 Å². The predicted octanol–water partition coefficient (Wildman–Crippen LogP) is 5.25. The number of Topliss-reactive ketones (excluding diaryl/α,β-unsaturated/α-hetero) is 1. The van der Waals surface area contributed by atoms with Gasteiger partial charge in [0.25, 0.3) is 0 Å². The molecule has 0 aromatic heterocycles. The Balaban J connectivity index is 1.51. The average molecular weight is 415 g/mol. The van der Waals surface area contributed by atoms with Gasteiger partial charge in [-0.05, 0) is 99.4 Å². The summed E-state index contributed by atoms with van der Waals surface area (Å²) in [6.07, 6.45) is 12.2. The number of carbonyl (C=O) groups is 2. The van der Waals surface area contributed by atoms with Crippen LogP contribution in [0.4, 0.5) is 0 Å². The van der Waals surface area contributed by atoms with Gasteiger partial charge in [-0.15, -0.1) is 0 Å². The first-order chi connectivity index (χ1) is 14.3. The van der Waals surface area contributed by atoms with Crippen molar-refractivity contribution < 1.29 is 19.1 Å². The quantitative estimate of drug-likeness (QED) is 0.633. The molecule has 4 heteroatoms. The van der Waals surface area contributed by atoms with Gasteiger partial charge in [0.1, 0.15) is 5.78 Å². The SMILES string of the molecule is CC(=O)[C@H]1CC[C@H]2[C@@H]3[C@@H](OC4CCCCO4)CC4=CC(=O)CC[C@]4(C)[C@H]3CC[C@]12C. The van der Waals surface area contributed by atoms with Gasteiger partial charge in [0.05, 0.1) is 6.10 Å². The van der Waals surface area contributed by atoms with Crippen molar-refractivity contribution >= 4 is 11.6 Å². The molecule has 1 heterocycles. The minimum atomic E-state index is -0.105. The third-order valence-electron chi connectivity index (χ3n) is 9.92. The van der Waals surface area contributed by atoms with E-state index in [1.54, 1.807) is 6.92 Å². The van der Waals surface area contributed by atoms with Gasteiger partial charge in [-0.3, -0.25) is 9.59 Å². The molecule has 0 bridgehead atoms. The third-order valence-corrected chi connectivity index (χ3v) is 9.92. The maximum absolute atomic E-state index is 12.5. The molecular formula is C26H38O4. The van der Waals surface area contributed by atoms with Crippen LogP contribution in [0.1, 0.15) is 85.0 Å². The average Bonchev–Trinajstić information content (AvgIpc) is 3.07. The van der Waals surface area contributed by atoms with Crippen molar-refractivity contribution in [2.24, 2.45) is 34.5 Å². The Labute approximate surface area is 181 Å². The molecule has 0 radical (unpaired) electrons. The Morgan fingerprint density at radius 3 is 2.67 bits per heavy atom. The Bertz CT molecular complexity index is 750. The molecule has 4 aliphatic carbocycles. The van der Waals surface area contributed by atoms with Crippen molar-refractivity contribution in [3.05, 3.63) is 11.6 Å². The molecule has 0 aromatic rings. The van der Waals surface area contributed by atoms with Gasteiger partial charge in [-0.2, -0.15) is 0 Å². The fourth-order valence-electron chi connectivity index (χ4n) is 8.32. The summed E-state index contributed by atoms with van der Waals surface area (Å²) >= 11 is 0. The number of hydrogen-bond donors (Lipinski definition) is 0. The van der Waals surface area contributed by atoms with Crippen molar-refractivity contribution in [1.29, 1.82) is 0 Å². The largest absolute Gasteiger partial charge is 0.353 e. The highest BCUT2D eigenvalue weighted by Crippen LogP contribution is 2.67. The van der Waals surface area contributed by atoms with E-state index in [1.165, 1.54) is 5.57 Å². The zero-order valence-corrected chi connectivity index (χ0v) is 19.0. The Morgan fingerprint density at radius 1 is 1.10 bits per heavy atom. The van der Waals surface area contributed by atoms with E-state index in [-0.39, 0.29) is 34.9 Å². The van der Waals surface area contributed by atoms with Crippen molar-refractivity contribution in [3.63, 3.8) is 0 Å². The van der Waals surface area contributed by atoms with E-state index in [0.29, 0.717) is 30.0 Å². The first-order valence-electron chi connectivity index (χ1n) is 12.3. The molecular weight excluding hydrogens is 376 g/mol. The van der Waals surface area contributed by atoms with E-state index in [0.717, 1.165) is 64.4 Å². The van der Waals surface area contributed by atoms with E-state index in [1.807, 2.05) is 6.08 Å². The van der Waals surface area contributed by atoms with Gasteiger partial charge in [0, 0.05) is 18.9 Å². The molecule has 3 saturated carbocycles. The lowest BCUT2D eigenvalue weighted by Gasteiger charge is -2.60. The molecule has 166 valence electrons. The summed E-state index contributed by atoms with van der Waals surface area (Å²) in [4.78, 5) is 24.8. The van der Waals surface area contributed by atoms with Crippen molar-refractivity contribution in [2.75, 3.05) is 6.61 Å². The smallest absolute Gasteiger partial charge is 0.157 e. The van der Waals surface area contributed by atoms with E-state index in [2.05, 4.69) is 13.8 Å². The van der Waals surface area contributed by atoms with Crippen LogP contribution < -0.4 is 0 Å². The van der Waals surface area contributed by atoms with Crippen molar-refractivity contribution in [2.45, 2.75) is 97.4 Å². The number of ether oxygens (including phenoxy) is 2. The Kier molecular flexibility index (Phi) is 5.25. The molecule has 0 amide bonds. The second kappa shape index (κ2) is 7.55. The molecule has 4 nitrogen and oxygen atoms in total. The molecule has 0 N–H and O–H groups in total. The standard InChI is InChI=1S/C26H38O4/c1-16(27)19-7-8-20-24-21(10-12-26(19,20)3)25(2)11-9-18(28)14-17(25)15-22(24)30-23-6-4-5-13-29-23/h14,19-24H,4-13,15H2,1-3H3/t19-,20+,21+,22+,23?,24+,25+,26-/m1/s1. The summed E-state index contributed by atoms with van der Waals surface area (Å²) in [5.74, 6) is 2.41. The molecule has 5 aliphatic rings. The van der Waals surface area contributed by atoms with Crippen LogP contribution in [0.5, 0.6) is 0 Å². The van der Waals surface area contributed by atoms with Crippen LogP contribution >= 0.6 is 0 Å². The maximum Gasteiger partial charge on any atom is 0.157 e. The highest BCUT2D eigenvalue weighted by molar-refractivity contribution is 5.91. The molecule has 4 fully saturated rings. The third kappa shape index (κ3) is 3.16.